The van der Waals surface area contributed by atoms with Gasteiger partial charge in [0.05, 0.1) is 4.90 Å². The van der Waals surface area contributed by atoms with Crippen molar-refractivity contribution >= 4 is 17.0 Å². The molecule has 174 valence electrons. The molecule has 1 atom stereocenters. The number of rotatable bonds is 7. The van der Waals surface area contributed by atoms with Gasteiger partial charge in [-0.2, -0.15) is 0 Å². The molecule has 1 fully saturated rings. The average Bonchev–Trinajstić information content (AvgIpc) is 3.38. The lowest BCUT2D eigenvalue weighted by molar-refractivity contribution is -0.137. The summed E-state index contributed by atoms with van der Waals surface area (Å²) in [5.74, 6) is -2.39. The van der Waals surface area contributed by atoms with E-state index in [-0.39, 0.29) is 12.1 Å². The summed E-state index contributed by atoms with van der Waals surface area (Å²) in [5.41, 5.74) is 3.62. The third-order valence-corrected chi connectivity index (χ3v) is 7.84. The van der Waals surface area contributed by atoms with E-state index in [1.807, 2.05) is 28.6 Å². The van der Waals surface area contributed by atoms with Crippen molar-refractivity contribution in [2.24, 2.45) is 0 Å². The zero-order chi connectivity index (χ0) is 23.7. The molecule has 1 aromatic heterocycles. The van der Waals surface area contributed by atoms with Gasteiger partial charge < -0.3 is 9.67 Å². The first kappa shape index (κ1) is 23.3. The van der Waals surface area contributed by atoms with Gasteiger partial charge in [0.25, 0.3) is 0 Å². The van der Waals surface area contributed by atoms with Crippen molar-refractivity contribution in [3.8, 4) is 11.1 Å². The number of halogens is 2. The van der Waals surface area contributed by atoms with E-state index in [0.29, 0.717) is 28.3 Å². The third-order valence-electron chi connectivity index (χ3n) is 6.23. The van der Waals surface area contributed by atoms with Crippen LogP contribution in [-0.4, -0.2) is 37.2 Å². The van der Waals surface area contributed by atoms with Crippen molar-refractivity contribution in [3.05, 3.63) is 76.6 Å². The predicted molar refractivity (Wildman–Crippen MR) is 123 cm³/mol. The highest BCUT2D eigenvalue weighted by Gasteiger charge is 2.25. The Kier molecular flexibility index (Phi) is 6.76. The van der Waals surface area contributed by atoms with E-state index in [9.17, 15) is 22.9 Å². The summed E-state index contributed by atoms with van der Waals surface area (Å²) in [6.45, 7) is 4.83. The molecule has 0 amide bonds. The molecule has 1 aliphatic rings. The SMILES string of the molecule is Cc1c(Cc2ccccc2S(=O)N2CCCC2)c(-c2ccc(F)cc2F)c(C)n1CC(=O)O. The average molecular weight is 473 g/mol. The maximum absolute atomic E-state index is 14.8. The van der Waals surface area contributed by atoms with E-state index in [1.165, 1.54) is 12.1 Å². The fourth-order valence-electron chi connectivity index (χ4n) is 4.59. The number of carbonyl (C=O) groups is 1. The molecule has 1 N–H and O–H groups in total. The number of carboxylic acid groups (broad SMARTS) is 1. The zero-order valence-corrected chi connectivity index (χ0v) is 19.4. The lowest BCUT2D eigenvalue weighted by Gasteiger charge is -2.17. The van der Waals surface area contributed by atoms with Gasteiger partial charge in [0.15, 0.2) is 0 Å². The van der Waals surface area contributed by atoms with Crippen LogP contribution in [0, 0.1) is 25.5 Å². The molecule has 8 heteroatoms. The minimum Gasteiger partial charge on any atom is -0.480 e. The van der Waals surface area contributed by atoms with Crippen LogP contribution in [0.5, 0.6) is 0 Å². The van der Waals surface area contributed by atoms with Crippen LogP contribution in [0.1, 0.15) is 35.4 Å². The van der Waals surface area contributed by atoms with Gasteiger partial charge in [0.2, 0.25) is 0 Å². The van der Waals surface area contributed by atoms with Crippen LogP contribution in [0.25, 0.3) is 11.1 Å². The first-order valence-electron chi connectivity index (χ1n) is 10.9. The monoisotopic (exact) mass is 472 g/mol. The van der Waals surface area contributed by atoms with Crippen LogP contribution in [0.4, 0.5) is 8.78 Å². The van der Waals surface area contributed by atoms with Gasteiger partial charge in [-0.05, 0) is 56.0 Å². The molecule has 3 aromatic rings. The van der Waals surface area contributed by atoms with E-state index >= 15 is 0 Å². The fourth-order valence-corrected chi connectivity index (χ4v) is 6.02. The standard InChI is InChI=1S/C25H26F2N2O3S/c1-16-21(13-18-7-3-4-8-23(18)33(32)28-11-5-6-12-28)25(17(2)29(16)15-24(30)31)20-10-9-19(26)14-22(20)27/h3-4,7-10,14H,5-6,11-13,15H2,1-2H3,(H,30,31). The summed E-state index contributed by atoms with van der Waals surface area (Å²) < 4.78 is 45.3. The largest absolute Gasteiger partial charge is 0.480 e. The number of carboxylic acids is 1. The van der Waals surface area contributed by atoms with Crippen LogP contribution in [-0.2, 0) is 28.7 Å². The molecule has 1 aliphatic heterocycles. The number of hydrogen-bond donors (Lipinski definition) is 1. The van der Waals surface area contributed by atoms with Crippen molar-refractivity contribution in [1.29, 1.82) is 0 Å². The number of nitrogens with zero attached hydrogens (tertiary/aromatic N) is 2. The molecule has 2 aromatic carbocycles. The molecule has 33 heavy (non-hydrogen) atoms. The number of hydrogen-bond acceptors (Lipinski definition) is 2. The molecular weight excluding hydrogens is 446 g/mol. The second-order valence-corrected chi connectivity index (χ2v) is 9.75. The van der Waals surface area contributed by atoms with E-state index in [2.05, 4.69) is 0 Å². The molecule has 0 bridgehead atoms. The lowest BCUT2D eigenvalue weighted by Crippen LogP contribution is -2.23. The van der Waals surface area contributed by atoms with Gasteiger partial charge in [-0.3, -0.25) is 4.79 Å². The number of benzene rings is 2. The molecule has 0 aliphatic carbocycles. The molecule has 1 unspecified atom stereocenters. The minimum atomic E-state index is -1.31. The highest BCUT2D eigenvalue weighted by atomic mass is 32.2. The van der Waals surface area contributed by atoms with E-state index in [0.717, 1.165) is 43.1 Å². The lowest BCUT2D eigenvalue weighted by atomic mass is 9.95. The Hall–Kier alpha value is -2.84. The second kappa shape index (κ2) is 9.57. The molecule has 5 nitrogen and oxygen atoms in total. The Morgan fingerprint density at radius 1 is 1.06 bits per heavy atom. The third kappa shape index (κ3) is 4.63. The quantitative estimate of drug-likeness (QED) is 0.535. The van der Waals surface area contributed by atoms with Gasteiger partial charge in [0.1, 0.15) is 29.2 Å². The Morgan fingerprint density at radius 3 is 2.42 bits per heavy atom. The topological polar surface area (TPSA) is 62.5 Å². The Bertz CT molecular complexity index is 1230. The van der Waals surface area contributed by atoms with Crippen molar-refractivity contribution in [3.63, 3.8) is 0 Å². The maximum atomic E-state index is 14.8. The molecule has 0 spiro atoms. The summed E-state index contributed by atoms with van der Waals surface area (Å²) in [4.78, 5) is 12.2. The summed E-state index contributed by atoms with van der Waals surface area (Å²) in [6.07, 6.45) is 2.37. The Labute approximate surface area is 194 Å². The maximum Gasteiger partial charge on any atom is 0.323 e. The van der Waals surface area contributed by atoms with E-state index < -0.39 is 28.6 Å². The summed E-state index contributed by atoms with van der Waals surface area (Å²) >= 11 is 0. The van der Waals surface area contributed by atoms with Crippen LogP contribution in [0.15, 0.2) is 47.4 Å². The summed E-state index contributed by atoms with van der Waals surface area (Å²) in [5, 5.41) is 9.42. The first-order valence-corrected chi connectivity index (χ1v) is 12.0. The normalized spacial score (nSPS) is 15.2. The second-order valence-electron chi connectivity index (χ2n) is 8.30. The minimum absolute atomic E-state index is 0.217. The van der Waals surface area contributed by atoms with E-state index in [1.54, 1.807) is 18.4 Å². The van der Waals surface area contributed by atoms with Crippen LogP contribution in [0.2, 0.25) is 0 Å². The molecule has 0 radical (unpaired) electrons. The first-order chi connectivity index (χ1) is 15.8. The van der Waals surface area contributed by atoms with Crippen LogP contribution < -0.4 is 0 Å². The van der Waals surface area contributed by atoms with Crippen molar-refractivity contribution < 1.29 is 22.9 Å². The molecular formula is C25H26F2N2O3S. The van der Waals surface area contributed by atoms with Crippen molar-refractivity contribution in [2.75, 3.05) is 13.1 Å². The van der Waals surface area contributed by atoms with Gasteiger partial charge in [0, 0.05) is 48.1 Å². The smallest absolute Gasteiger partial charge is 0.323 e. The zero-order valence-electron chi connectivity index (χ0n) is 18.6. The molecule has 0 saturated carbocycles. The molecule has 2 heterocycles. The van der Waals surface area contributed by atoms with Crippen molar-refractivity contribution in [1.82, 2.24) is 8.87 Å². The van der Waals surface area contributed by atoms with Gasteiger partial charge in [-0.25, -0.2) is 17.3 Å². The highest BCUT2D eigenvalue weighted by molar-refractivity contribution is 7.82. The Balaban J connectivity index is 1.85. The summed E-state index contributed by atoms with van der Waals surface area (Å²) in [7, 11) is -1.31. The van der Waals surface area contributed by atoms with Crippen LogP contribution >= 0.6 is 0 Å². The van der Waals surface area contributed by atoms with Gasteiger partial charge in [-0.15, -0.1) is 0 Å². The van der Waals surface area contributed by atoms with Gasteiger partial charge in [-0.1, -0.05) is 18.2 Å². The summed E-state index contributed by atoms with van der Waals surface area (Å²) in [6, 6.07) is 10.9. The molecule has 4 rings (SSSR count). The van der Waals surface area contributed by atoms with Crippen molar-refractivity contribution in [2.45, 2.75) is 44.6 Å². The highest BCUT2D eigenvalue weighted by Crippen LogP contribution is 2.36. The van der Waals surface area contributed by atoms with Gasteiger partial charge >= 0.3 is 5.97 Å². The van der Waals surface area contributed by atoms with Crippen LogP contribution in [0.3, 0.4) is 0 Å². The fraction of sp³-hybridized carbons (Fsp3) is 0.320. The van der Waals surface area contributed by atoms with E-state index in [4.69, 9.17) is 0 Å². The number of aromatic nitrogens is 1. The molecule has 1 saturated heterocycles. The predicted octanol–water partition coefficient (Wildman–Crippen LogP) is 4.84. The number of aliphatic carboxylic acids is 1. The Morgan fingerprint density at radius 2 is 1.76 bits per heavy atom.